The van der Waals surface area contributed by atoms with Crippen LogP contribution in [0.2, 0.25) is 0 Å². The number of carbonyl (C=O) groups excluding carboxylic acids is 2. The minimum Gasteiger partial charge on any atom is -0.477 e. The van der Waals surface area contributed by atoms with Gasteiger partial charge in [0.05, 0.1) is 12.2 Å². The Kier molecular flexibility index (Phi) is 6.10. The van der Waals surface area contributed by atoms with Gasteiger partial charge in [-0.15, -0.1) is 0 Å². The Bertz CT molecular complexity index is 1220. The third-order valence-electron chi connectivity index (χ3n) is 5.91. The number of aromatic nitrogens is 2. The van der Waals surface area contributed by atoms with Crippen molar-refractivity contribution in [2.24, 2.45) is 7.05 Å². The van der Waals surface area contributed by atoms with E-state index in [4.69, 9.17) is 9.84 Å². The largest absolute Gasteiger partial charge is 0.477 e. The molecule has 0 fully saturated rings. The van der Waals surface area contributed by atoms with Gasteiger partial charge >= 0.3 is 12.1 Å². The Hall–Kier alpha value is -4.14. The lowest BCUT2D eigenvalue weighted by atomic mass is 9.98. The number of benzene rings is 2. The number of carboxylic acid groups (broad SMARTS) is 1. The first-order valence-electron chi connectivity index (χ1n) is 10.8. The van der Waals surface area contributed by atoms with Gasteiger partial charge in [-0.2, -0.15) is 5.10 Å². The molecule has 0 unspecified atom stereocenters. The number of rotatable bonds is 7. The molecule has 1 aliphatic rings. The molecule has 1 aliphatic carbocycles. The second-order valence-corrected chi connectivity index (χ2v) is 8.71. The predicted molar refractivity (Wildman–Crippen MR) is 124 cm³/mol. The molecule has 2 aromatic carbocycles. The molecule has 9 nitrogen and oxygen atoms in total. The van der Waals surface area contributed by atoms with E-state index >= 15 is 0 Å². The van der Waals surface area contributed by atoms with Crippen LogP contribution in [0.4, 0.5) is 4.79 Å². The maximum atomic E-state index is 12.7. The molecule has 2 amide bonds. The van der Waals surface area contributed by atoms with Crippen molar-refractivity contribution in [3.8, 4) is 11.1 Å². The minimum atomic E-state index is -1.26. The molecule has 0 saturated carbocycles. The number of carboxylic acids is 1. The van der Waals surface area contributed by atoms with Crippen LogP contribution in [-0.4, -0.2) is 45.0 Å². The molecule has 0 aliphatic heterocycles. The number of ether oxygens (including phenoxy) is 1. The van der Waals surface area contributed by atoms with Crippen LogP contribution in [0.15, 0.2) is 54.6 Å². The number of fused-ring (bicyclic) bond motifs is 3. The Labute approximate surface area is 196 Å². The molecule has 34 heavy (non-hydrogen) atoms. The van der Waals surface area contributed by atoms with Gasteiger partial charge in [0, 0.05) is 13.0 Å². The molecule has 0 radical (unpaired) electrons. The molecule has 9 heteroatoms. The maximum Gasteiger partial charge on any atom is 0.408 e. The van der Waals surface area contributed by atoms with Gasteiger partial charge in [-0.3, -0.25) is 9.48 Å². The van der Waals surface area contributed by atoms with E-state index in [0.29, 0.717) is 5.69 Å². The molecule has 176 valence electrons. The van der Waals surface area contributed by atoms with Gasteiger partial charge in [-0.25, -0.2) is 9.59 Å². The van der Waals surface area contributed by atoms with E-state index in [1.807, 2.05) is 36.4 Å². The number of nitrogens with one attached hydrogen (secondary N) is 2. The Morgan fingerprint density at radius 3 is 2.21 bits per heavy atom. The molecule has 3 aromatic rings. The molecule has 1 aromatic heterocycles. The van der Waals surface area contributed by atoms with Crippen molar-refractivity contribution in [3.05, 3.63) is 77.1 Å². The molecule has 3 N–H and O–H groups in total. The Morgan fingerprint density at radius 2 is 1.65 bits per heavy atom. The van der Waals surface area contributed by atoms with Crippen molar-refractivity contribution in [1.82, 2.24) is 20.4 Å². The second kappa shape index (κ2) is 9.01. The lowest BCUT2D eigenvalue weighted by Crippen LogP contribution is -2.54. The summed E-state index contributed by atoms with van der Waals surface area (Å²) in [4.78, 5) is 36.3. The standard InChI is InChI=1S/C25H26N4O5/c1-25(2,23(32)26-13-15-12-21(22(30)31)29(3)28-15)27-24(33)34-14-20-18-10-6-4-8-16(18)17-9-5-7-11-19(17)20/h4-12,20H,13-14H2,1-3H3,(H,26,32)(H,27,33)(H,30,31). The first-order valence-corrected chi connectivity index (χ1v) is 10.8. The molecular weight excluding hydrogens is 436 g/mol. The number of aryl methyl sites for hydroxylation is 1. The number of hydrogen-bond acceptors (Lipinski definition) is 5. The fraction of sp³-hybridized carbons (Fsp3) is 0.280. The Morgan fingerprint density at radius 1 is 1.06 bits per heavy atom. The van der Waals surface area contributed by atoms with Crippen LogP contribution in [0.5, 0.6) is 0 Å². The first kappa shape index (κ1) is 23.0. The van der Waals surface area contributed by atoms with Crippen molar-refractivity contribution in [2.75, 3.05) is 6.61 Å². The highest BCUT2D eigenvalue weighted by Crippen LogP contribution is 2.44. The smallest absolute Gasteiger partial charge is 0.408 e. The van der Waals surface area contributed by atoms with E-state index in [0.717, 1.165) is 22.3 Å². The summed E-state index contributed by atoms with van der Waals surface area (Å²) in [5.41, 5.74) is 3.62. The number of hydrogen-bond donors (Lipinski definition) is 3. The monoisotopic (exact) mass is 462 g/mol. The maximum absolute atomic E-state index is 12.7. The van der Waals surface area contributed by atoms with Gasteiger partial charge in [0.1, 0.15) is 17.8 Å². The highest BCUT2D eigenvalue weighted by Gasteiger charge is 2.32. The van der Waals surface area contributed by atoms with Crippen molar-refractivity contribution in [3.63, 3.8) is 0 Å². The highest BCUT2D eigenvalue weighted by molar-refractivity contribution is 5.89. The second-order valence-electron chi connectivity index (χ2n) is 8.71. The molecule has 0 saturated heterocycles. The lowest BCUT2D eigenvalue weighted by molar-refractivity contribution is -0.126. The molecule has 0 atom stereocenters. The van der Waals surface area contributed by atoms with Crippen molar-refractivity contribution < 1.29 is 24.2 Å². The summed E-state index contributed by atoms with van der Waals surface area (Å²) in [5.74, 6) is -1.64. The van der Waals surface area contributed by atoms with Crippen molar-refractivity contribution >= 4 is 18.0 Å². The topological polar surface area (TPSA) is 123 Å². The average Bonchev–Trinajstić information content (AvgIpc) is 3.33. The van der Waals surface area contributed by atoms with E-state index < -0.39 is 23.5 Å². The zero-order valence-electron chi connectivity index (χ0n) is 19.2. The zero-order valence-corrected chi connectivity index (χ0v) is 19.2. The summed E-state index contributed by atoms with van der Waals surface area (Å²) in [6, 6.07) is 17.5. The van der Waals surface area contributed by atoms with Crippen LogP contribution in [0.3, 0.4) is 0 Å². The molecule has 4 rings (SSSR count). The Balaban J connectivity index is 1.35. The number of carbonyl (C=O) groups is 3. The summed E-state index contributed by atoms with van der Waals surface area (Å²) in [7, 11) is 1.51. The SMILES string of the molecule is Cn1nc(CNC(=O)C(C)(C)NC(=O)OCC2c3ccccc3-c3ccccc32)cc1C(=O)O. The third-order valence-corrected chi connectivity index (χ3v) is 5.91. The van der Waals surface area contributed by atoms with Crippen molar-refractivity contribution in [1.29, 1.82) is 0 Å². The van der Waals surface area contributed by atoms with Gasteiger partial charge in [-0.05, 0) is 42.2 Å². The van der Waals surface area contributed by atoms with Crippen LogP contribution in [-0.2, 0) is 23.1 Å². The molecular formula is C25H26N4O5. The van der Waals surface area contributed by atoms with Gasteiger partial charge < -0.3 is 20.5 Å². The van der Waals surface area contributed by atoms with Gasteiger partial charge in [0.25, 0.3) is 0 Å². The van der Waals surface area contributed by atoms with Crippen LogP contribution in [0, 0.1) is 0 Å². The highest BCUT2D eigenvalue weighted by atomic mass is 16.5. The fourth-order valence-corrected chi connectivity index (χ4v) is 4.15. The van der Waals surface area contributed by atoms with E-state index in [-0.39, 0.29) is 24.8 Å². The summed E-state index contributed by atoms with van der Waals surface area (Å²) >= 11 is 0. The minimum absolute atomic E-state index is 0.0141. The van der Waals surface area contributed by atoms with Crippen molar-refractivity contribution in [2.45, 2.75) is 31.8 Å². The normalized spacial score (nSPS) is 12.6. The fourth-order valence-electron chi connectivity index (χ4n) is 4.15. The molecule has 0 spiro atoms. The van der Waals surface area contributed by atoms with E-state index in [9.17, 15) is 14.4 Å². The number of nitrogens with zero attached hydrogens (tertiary/aromatic N) is 2. The molecule has 1 heterocycles. The molecule has 0 bridgehead atoms. The van der Waals surface area contributed by atoms with Crippen LogP contribution < -0.4 is 10.6 Å². The summed E-state index contributed by atoms with van der Waals surface area (Å²) < 4.78 is 6.75. The third kappa shape index (κ3) is 4.50. The summed E-state index contributed by atoms with van der Waals surface area (Å²) in [5, 5.41) is 18.5. The van der Waals surface area contributed by atoms with Crippen LogP contribution in [0.1, 0.15) is 47.1 Å². The summed E-state index contributed by atoms with van der Waals surface area (Å²) in [6.07, 6.45) is -0.701. The van der Waals surface area contributed by atoms with E-state index in [1.165, 1.54) is 17.8 Å². The number of alkyl carbamates (subject to hydrolysis) is 1. The van der Waals surface area contributed by atoms with E-state index in [2.05, 4.69) is 27.9 Å². The van der Waals surface area contributed by atoms with Gasteiger partial charge in [0.15, 0.2) is 0 Å². The number of amides is 2. The van der Waals surface area contributed by atoms with Crippen LogP contribution in [0.25, 0.3) is 11.1 Å². The van der Waals surface area contributed by atoms with Gasteiger partial charge in [-0.1, -0.05) is 48.5 Å². The lowest BCUT2D eigenvalue weighted by Gasteiger charge is -2.25. The van der Waals surface area contributed by atoms with Gasteiger partial charge in [0.2, 0.25) is 5.91 Å². The number of aromatic carboxylic acids is 1. The van der Waals surface area contributed by atoms with E-state index in [1.54, 1.807) is 13.8 Å². The quantitative estimate of drug-likeness (QED) is 0.496. The first-order chi connectivity index (χ1) is 16.2. The predicted octanol–water partition coefficient (Wildman–Crippen LogP) is 3.05. The summed E-state index contributed by atoms with van der Waals surface area (Å²) in [6.45, 7) is 3.29. The average molecular weight is 463 g/mol. The van der Waals surface area contributed by atoms with Crippen LogP contribution >= 0.6 is 0 Å². The zero-order chi connectivity index (χ0) is 24.5.